The number of para-hydroxylation sites is 1. The van der Waals surface area contributed by atoms with Crippen LogP contribution in [0.2, 0.25) is 0 Å². The lowest BCUT2D eigenvalue weighted by Crippen LogP contribution is -2.03. The molecule has 0 amide bonds. The Morgan fingerprint density at radius 3 is 2.46 bits per heavy atom. The molecule has 0 N–H and O–H groups in total. The molecule has 1 aromatic heterocycles. The molecule has 6 nitrogen and oxygen atoms in total. The Bertz CT molecular complexity index is 1110. The second kappa shape index (κ2) is 6.29. The van der Waals surface area contributed by atoms with Gasteiger partial charge in [-0.15, -0.1) is 4.36 Å². The Morgan fingerprint density at radius 2 is 1.79 bits per heavy atom. The molecule has 0 bridgehead atoms. The van der Waals surface area contributed by atoms with Gasteiger partial charge in [-0.1, -0.05) is 18.2 Å². The smallest absolute Gasteiger partial charge is 0.316 e. The van der Waals surface area contributed by atoms with Gasteiger partial charge in [0.15, 0.2) is 5.69 Å². The Kier molecular flexibility index (Phi) is 4.18. The van der Waals surface area contributed by atoms with Crippen molar-refractivity contribution in [3.05, 3.63) is 64.0 Å². The van der Waals surface area contributed by atoms with Gasteiger partial charge in [-0.05, 0) is 43.7 Å². The van der Waals surface area contributed by atoms with Gasteiger partial charge in [0.1, 0.15) is 22.8 Å². The number of aryl methyl sites for hydroxylation is 2. The first kappa shape index (κ1) is 15.9. The molecule has 0 unspecified atom stereocenters. The van der Waals surface area contributed by atoms with E-state index < -0.39 is 15.9 Å². The van der Waals surface area contributed by atoms with Crippen molar-refractivity contribution in [3.63, 3.8) is 0 Å². The standard InChI is InChI=1S/C17H13NO5S/c1-10-8-15-13(9-14(10)23-12-6-4-3-5-7-12)17(19)16(11(2)22-15)18-24(20)21/h3-9H,1-2H3. The zero-order valence-corrected chi connectivity index (χ0v) is 13.8. The van der Waals surface area contributed by atoms with Crippen molar-refractivity contribution >= 4 is 27.2 Å². The number of hydrogen-bond acceptors (Lipinski definition) is 6. The highest BCUT2D eigenvalue weighted by Gasteiger charge is 2.14. The monoisotopic (exact) mass is 343 g/mol. The minimum Gasteiger partial charge on any atom is -0.459 e. The van der Waals surface area contributed by atoms with Gasteiger partial charge < -0.3 is 9.15 Å². The molecule has 3 aromatic rings. The maximum absolute atomic E-state index is 12.5. The Labute approximate surface area is 139 Å². The van der Waals surface area contributed by atoms with Crippen LogP contribution in [0.25, 0.3) is 11.0 Å². The van der Waals surface area contributed by atoms with Gasteiger partial charge in [0, 0.05) is 0 Å². The van der Waals surface area contributed by atoms with Crippen molar-refractivity contribution in [1.29, 1.82) is 0 Å². The predicted octanol–water partition coefficient (Wildman–Crippen LogP) is 3.90. The summed E-state index contributed by atoms with van der Waals surface area (Å²) in [6.45, 7) is 3.33. The van der Waals surface area contributed by atoms with Crippen molar-refractivity contribution in [3.8, 4) is 11.5 Å². The Balaban J connectivity index is 2.22. The zero-order chi connectivity index (χ0) is 17.3. The van der Waals surface area contributed by atoms with E-state index in [1.165, 1.54) is 13.0 Å². The molecule has 0 aliphatic rings. The lowest BCUT2D eigenvalue weighted by Gasteiger charge is -2.10. The average molecular weight is 343 g/mol. The van der Waals surface area contributed by atoms with Crippen molar-refractivity contribution in [2.75, 3.05) is 0 Å². The van der Waals surface area contributed by atoms with E-state index in [4.69, 9.17) is 9.15 Å². The summed E-state index contributed by atoms with van der Waals surface area (Å²) in [5, 5.41) is 0.210. The molecule has 7 heteroatoms. The second-order valence-corrected chi connectivity index (χ2v) is 5.79. The van der Waals surface area contributed by atoms with Crippen LogP contribution in [0.1, 0.15) is 11.3 Å². The first-order valence-electron chi connectivity index (χ1n) is 7.08. The normalized spacial score (nSPS) is 10.6. The molecule has 122 valence electrons. The Hall–Kier alpha value is -2.93. The van der Waals surface area contributed by atoms with Crippen LogP contribution in [-0.4, -0.2) is 8.42 Å². The van der Waals surface area contributed by atoms with E-state index >= 15 is 0 Å². The molecule has 0 saturated carbocycles. The van der Waals surface area contributed by atoms with Gasteiger partial charge in [-0.25, -0.2) is 0 Å². The first-order chi connectivity index (χ1) is 11.5. The van der Waals surface area contributed by atoms with Gasteiger partial charge >= 0.3 is 10.5 Å². The van der Waals surface area contributed by atoms with Crippen LogP contribution >= 0.6 is 0 Å². The molecular weight excluding hydrogens is 330 g/mol. The fourth-order valence-corrected chi connectivity index (χ4v) is 2.69. The summed E-state index contributed by atoms with van der Waals surface area (Å²) in [7, 11) is -2.74. The van der Waals surface area contributed by atoms with Crippen molar-refractivity contribution in [1.82, 2.24) is 0 Å². The van der Waals surface area contributed by atoms with Crippen LogP contribution < -0.4 is 10.2 Å². The number of nitrogens with zero attached hydrogens (tertiary/aromatic N) is 1. The second-order valence-electron chi connectivity index (χ2n) is 5.17. The molecular formula is C17H13NO5S. The number of fused-ring (bicyclic) bond motifs is 1. The molecule has 0 aliphatic heterocycles. The van der Waals surface area contributed by atoms with E-state index in [-0.39, 0.29) is 16.8 Å². The molecule has 0 saturated heterocycles. The summed E-state index contributed by atoms with van der Waals surface area (Å²) >= 11 is 0. The van der Waals surface area contributed by atoms with E-state index in [0.29, 0.717) is 17.1 Å². The first-order valence-corrected chi connectivity index (χ1v) is 8.11. The third kappa shape index (κ3) is 3.07. The maximum atomic E-state index is 12.5. The summed E-state index contributed by atoms with van der Waals surface area (Å²) in [6, 6.07) is 12.4. The van der Waals surface area contributed by atoms with Gasteiger partial charge in [-0.2, -0.15) is 8.42 Å². The van der Waals surface area contributed by atoms with Crippen LogP contribution in [0, 0.1) is 13.8 Å². The lowest BCUT2D eigenvalue weighted by atomic mass is 10.1. The van der Waals surface area contributed by atoms with E-state index in [2.05, 4.69) is 4.36 Å². The van der Waals surface area contributed by atoms with Crippen molar-refractivity contribution < 1.29 is 17.6 Å². The molecule has 0 atom stereocenters. The van der Waals surface area contributed by atoms with Crippen LogP contribution in [0.5, 0.6) is 11.5 Å². The van der Waals surface area contributed by atoms with E-state index in [1.54, 1.807) is 18.2 Å². The SMILES string of the molecule is Cc1cc2oc(C)c(N=S(=O)=O)c(=O)c2cc1Oc1ccccc1. The van der Waals surface area contributed by atoms with E-state index in [0.717, 1.165) is 5.56 Å². The van der Waals surface area contributed by atoms with Crippen molar-refractivity contribution in [2.24, 2.45) is 4.36 Å². The fraction of sp³-hybridized carbons (Fsp3) is 0.118. The van der Waals surface area contributed by atoms with Gasteiger partial charge in [0.05, 0.1) is 5.39 Å². The maximum Gasteiger partial charge on any atom is 0.316 e. The molecule has 24 heavy (non-hydrogen) atoms. The zero-order valence-electron chi connectivity index (χ0n) is 12.9. The van der Waals surface area contributed by atoms with E-state index in [1.807, 2.05) is 25.1 Å². The number of benzene rings is 2. The van der Waals surface area contributed by atoms with Gasteiger partial charge in [0.25, 0.3) is 0 Å². The van der Waals surface area contributed by atoms with Gasteiger partial charge in [0.2, 0.25) is 5.43 Å². The molecule has 0 fully saturated rings. The molecule has 2 aromatic carbocycles. The third-order valence-electron chi connectivity index (χ3n) is 3.47. The number of ether oxygens (including phenoxy) is 1. The van der Waals surface area contributed by atoms with E-state index in [9.17, 15) is 13.2 Å². The highest BCUT2D eigenvalue weighted by atomic mass is 32.2. The number of hydrogen-bond donors (Lipinski definition) is 0. The average Bonchev–Trinajstić information content (AvgIpc) is 2.54. The molecule has 0 radical (unpaired) electrons. The summed E-state index contributed by atoms with van der Waals surface area (Å²) in [5.74, 6) is 1.26. The van der Waals surface area contributed by atoms with Crippen LogP contribution in [-0.2, 0) is 10.5 Å². The molecule has 0 spiro atoms. The van der Waals surface area contributed by atoms with Crippen LogP contribution in [0.15, 0.2) is 56.0 Å². The molecule has 1 heterocycles. The quantitative estimate of drug-likeness (QED) is 0.720. The Morgan fingerprint density at radius 1 is 1.08 bits per heavy atom. The summed E-state index contributed by atoms with van der Waals surface area (Å²) in [6.07, 6.45) is 0. The summed E-state index contributed by atoms with van der Waals surface area (Å²) in [5.41, 5.74) is 0.387. The lowest BCUT2D eigenvalue weighted by molar-refractivity contribution is 0.478. The fourth-order valence-electron chi connectivity index (χ4n) is 2.33. The highest BCUT2D eigenvalue weighted by molar-refractivity contribution is 7.61. The van der Waals surface area contributed by atoms with Crippen molar-refractivity contribution in [2.45, 2.75) is 13.8 Å². The summed E-state index contributed by atoms with van der Waals surface area (Å²) < 4.78 is 36.2. The van der Waals surface area contributed by atoms with Crippen LogP contribution in [0.3, 0.4) is 0 Å². The molecule has 3 rings (SSSR count). The third-order valence-corrected chi connectivity index (χ3v) is 3.80. The van der Waals surface area contributed by atoms with Crippen LogP contribution in [0.4, 0.5) is 5.69 Å². The molecule has 0 aliphatic carbocycles. The highest BCUT2D eigenvalue weighted by Crippen LogP contribution is 2.30. The minimum atomic E-state index is -2.74. The topological polar surface area (TPSA) is 85.9 Å². The number of rotatable bonds is 3. The van der Waals surface area contributed by atoms with Gasteiger partial charge in [-0.3, -0.25) is 4.79 Å². The minimum absolute atomic E-state index is 0.146. The largest absolute Gasteiger partial charge is 0.459 e. The predicted molar refractivity (Wildman–Crippen MR) is 89.5 cm³/mol. The summed E-state index contributed by atoms with van der Waals surface area (Å²) in [4.78, 5) is 12.5.